The smallest absolute Gasteiger partial charge is 0.236 e. The van der Waals surface area contributed by atoms with Gasteiger partial charge in [-0.3, -0.25) is 0 Å². The second kappa shape index (κ2) is 6.68. The number of hydrogen-bond acceptors (Lipinski definition) is 6. The van der Waals surface area contributed by atoms with Gasteiger partial charge in [-0.25, -0.2) is 8.78 Å². The molecule has 0 unspecified atom stereocenters. The van der Waals surface area contributed by atoms with E-state index in [1.807, 2.05) is 6.07 Å². The van der Waals surface area contributed by atoms with E-state index in [1.165, 1.54) is 23.5 Å². The van der Waals surface area contributed by atoms with Crippen LogP contribution in [0, 0.1) is 11.6 Å². The Morgan fingerprint density at radius 2 is 1.92 bits per heavy atom. The Bertz CT molecular complexity index is 1080. The second-order valence-corrected chi connectivity index (χ2v) is 6.57. The molecule has 2 heterocycles. The third-order valence-electron chi connectivity index (χ3n) is 3.80. The first-order chi connectivity index (χ1) is 12.6. The van der Waals surface area contributed by atoms with Crippen molar-refractivity contribution in [3.63, 3.8) is 0 Å². The van der Waals surface area contributed by atoms with Gasteiger partial charge in [-0.1, -0.05) is 29.5 Å². The lowest BCUT2D eigenvalue weighted by Crippen LogP contribution is -2.01. The number of nitrogens with zero attached hydrogens (tertiary/aromatic N) is 4. The monoisotopic (exact) mass is 373 g/mol. The Morgan fingerprint density at radius 3 is 2.77 bits per heavy atom. The minimum absolute atomic E-state index is 0.0104. The fourth-order valence-corrected chi connectivity index (χ4v) is 3.32. The van der Waals surface area contributed by atoms with Gasteiger partial charge < -0.3 is 10.4 Å². The van der Waals surface area contributed by atoms with Crippen LogP contribution in [0.25, 0.3) is 4.96 Å². The normalized spacial score (nSPS) is 11.2. The van der Waals surface area contributed by atoms with E-state index in [0.717, 1.165) is 11.6 Å². The second-order valence-electron chi connectivity index (χ2n) is 5.61. The van der Waals surface area contributed by atoms with Gasteiger partial charge in [-0.15, -0.1) is 15.3 Å². The molecule has 0 fully saturated rings. The van der Waals surface area contributed by atoms with Crippen molar-refractivity contribution >= 4 is 27.1 Å². The summed E-state index contributed by atoms with van der Waals surface area (Å²) in [4.78, 5) is 0.551. The number of rotatable bonds is 5. The van der Waals surface area contributed by atoms with Crippen LogP contribution in [0.1, 0.15) is 11.4 Å². The highest BCUT2D eigenvalue weighted by Crippen LogP contribution is 2.26. The van der Waals surface area contributed by atoms with Crippen LogP contribution in [0.15, 0.2) is 42.5 Å². The van der Waals surface area contributed by atoms with E-state index in [2.05, 4.69) is 20.6 Å². The fourth-order valence-electron chi connectivity index (χ4n) is 2.55. The molecule has 132 valence electrons. The Balaban J connectivity index is 1.54. The highest BCUT2D eigenvalue weighted by Gasteiger charge is 2.14. The standard InChI is InChI=1S/C17H13F2N5OS/c18-12-5-2-6-13(15(12)19)20-16-23-24-14(21-22-17(24)26-16)8-7-10-3-1-4-11(25)9-10/h1-6,9,25H,7-8H2,(H,20,23). The number of phenolic OH excluding ortho intramolecular Hbond substituents is 1. The third-order valence-corrected chi connectivity index (χ3v) is 4.61. The summed E-state index contributed by atoms with van der Waals surface area (Å²) >= 11 is 1.19. The summed E-state index contributed by atoms with van der Waals surface area (Å²) in [6.07, 6.45) is 1.23. The molecular weight excluding hydrogens is 360 g/mol. The molecule has 2 aromatic carbocycles. The van der Waals surface area contributed by atoms with Crippen LogP contribution in [0.3, 0.4) is 0 Å². The lowest BCUT2D eigenvalue weighted by Gasteiger charge is -2.03. The first-order valence-electron chi connectivity index (χ1n) is 7.80. The number of anilines is 2. The summed E-state index contributed by atoms with van der Waals surface area (Å²) in [5.41, 5.74) is 0.980. The molecule has 0 aliphatic heterocycles. The Hall–Kier alpha value is -3.07. The molecule has 26 heavy (non-hydrogen) atoms. The summed E-state index contributed by atoms with van der Waals surface area (Å²) in [7, 11) is 0. The van der Waals surface area contributed by atoms with E-state index in [4.69, 9.17) is 0 Å². The molecule has 0 bridgehead atoms. The zero-order valence-corrected chi connectivity index (χ0v) is 14.2. The van der Waals surface area contributed by atoms with E-state index in [-0.39, 0.29) is 11.4 Å². The largest absolute Gasteiger partial charge is 0.508 e. The molecule has 0 atom stereocenters. The SMILES string of the molecule is Oc1cccc(CCc2nnc3sc(Nc4cccc(F)c4F)nn23)c1. The quantitative estimate of drug-likeness (QED) is 0.558. The van der Waals surface area contributed by atoms with Gasteiger partial charge in [0.15, 0.2) is 17.5 Å². The van der Waals surface area contributed by atoms with Gasteiger partial charge in [0.2, 0.25) is 10.1 Å². The van der Waals surface area contributed by atoms with Crippen LogP contribution < -0.4 is 5.32 Å². The van der Waals surface area contributed by atoms with Gasteiger partial charge in [0.25, 0.3) is 0 Å². The van der Waals surface area contributed by atoms with Gasteiger partial charge >= 0.3 is 0 Å². The van der Waals surface area contributed by atoms with Gasteiger partial charge in [-0.05, 0) is 36.2 Å². The molecule has 0 saturated heterocycles. The van der Waals surface area contributed by atoms with Crippen molar-refractivity contribution in [3.05, 3.63) is 65.5 Å². The maximum Gasteiger partial charge on any atom is 0.236 e. The van der Waals surface area contributed by atoms with Crippen LogP contribution >= 0.6 is 11.3 Å². The van der Waals surface area contributed by atoms with Crippen LogP contribution in [0.2, 0.25) is 0 Å². The number of benzene rings is 2. The highest BCUT2D eigenvalue weighted by atomic mass is 32.1. The Morgan fingerprint density at radius 1 is 1.08 bits per heavy atom. The van der Waals surface area contributed by atoms with Gasteiger partial charge in [-0.2, -0.15) is 4.52 Å². The summed E-state index contributed by atoms with van der Waals surface area (Å²) in [5.74, 6) is -1.02. The first-order valence-corrected chi connectivity index (χ1v) is 8.62. The van der Waals surface area contributed by atoms with Crippen molar-refractivity contribution in [3.8, 4) is 5.75 Å². The summed E-state index contributed by atoms with van der Waals surface area (Å²) < 4.78 is 28.7. The van der Waals surface area contributed by atoms with Crippen molar-refractivity contribution in [2.75, 3.05) is 5.32 Å². The average molecular weight is 373 g/mol. The number of nitrogens with one attached hydrogen (secondary N) is 1. The van der Waals surface area contributed by atoms with Gasteiger partial charge in [0, 0.05) is 6.42 Å². The van der Waals surface area contributed by atoms with E-state index >= 15 is 0 Å². The number of aryl methyl sites for hydroxylation is 2. The maximum absolute atomic E-state index is 13.8. The lowest BCUT2D eigenvalue weighted by atomic mass is 10.1. The van der Waals surface area contributed by atoms with Crippen LogP contribution in [0.5, 0.6) is 5.75 Å². The minimum Gasteiger partial charge on any atom is -0.508 e. The molecule has 9 heteroatoms. The van der Waals surface area contributed by atoms with Gasteiger partial charge in [0.1, 0.15) is 5.75 Å². The molecule has 6 nitrogen and oxygen atoms in total. The predicted molar refractivity (Wildman–Crippen MR) is 93.8 cm³/mol. The molecule has 0 radical (unpaired) electrons. The minimum atomic E-state index is -0.956. The number of fused-ring (bicyclic) bond motifs is 1. The van der Waals surface area contributed by atoms with Crippen LogP contribution in [0.4, 0.5) is 19.6 Å². The van der Waals surface area contributed by atoms with Crippen molar-refractivity contribution in [2.45, 2.75) is 12.8 Å². The molecule has 0 aliphatic rings. The molecule has 0 spiro atoms. The van der Waals surface area contributed by atoms with Crippen molar-refractivity contribution in [2.24, 2.45) is 0 Å². The zero-order chi connectivity index (χ0) is 18.1. The maximum atomic E-state index is 13.8. The molecule has 4 rings (SSSR count). The predicted octanol–water partition coefficient (Wildman–Crippen LogP) is 3.70. The summed E-state index contributed by atoms with van der Waals surface area (Å²) in [6.45, 7) is 0. The first kappa shape index (κ1) is 16.4. The Labute approximate surface area is 150 Å². The van der Waals surface area contributed by atoms with E-state index in [0.29, 0.717) is 28.8 Å². The molecule has 4 aromatic rings. The number of aromatic hydroxyl groups is 1. The van der Waals surface area contributed by atoms with Crippen LogP contribution in [-0.2, 0) is 12.8 Å². The topological polar surface area (TPSA) is 75.3 Å². The number of hydrogen-bond donors (Lipinski definition) is 2. The van der Waals surface area contributed by atoms with Crippen molar-refractivity contribution < 1.29 is 13.9 Å². The molecule has 0 saturated carbocycles. The van der Waals surface area contributed by atoms with Crippen molar-refractivity contribution in [1.29, 1.82) is 0 Å². The summed E-state index contributed by atoms with van der Waals surface area (Å²) in [6, 6.07) is 10.9. The zero-order valence-electron chi connectivity index (χ0n) is 13.4. The third kappa shape index (κ3) is 3.21. The van der Waals surface area contributed by atoms with E-state index in [9.17, 15) is 13.9 Å². The number of phenols is 1. The summed E-state index contributed by atoms with van der Waals surface area (Å²) in [5, 5.41) is 25.2. The molecule has 0 aliphatic carbocycles. The van der Waals surface area contributed by atoms with Crippen molar-refractivity contribution in [1.82, 2.24) is 19.8 Å². The molecule has 2 N–H and O–H groups in total. The number of halogens is 2. The van der Waals surface area contributed by atoms with Crippen LogP contribution in [-0.4, -0.2) is 24.9 Å². The van der Waals surface area contributed by atoms with Gasteiger partial charge in [0.05, 0.1) is 5.69 Å². The highest BCUT2D eigenvalue weighted by molar-refractivity contribution is 7.20. The molecular formula is C17H13F2N5OS. The van der Waals surface area contributed by atoms with E-state index in [1.54, 1.807) is 22.7 Å². The average Bonchev–Trinajstić information content (AvgIpc) is 3.18. The Kier molecular flexibility index (Phi) is 4.21. The fraction of sp³-hybridized carbons (Fsp3) is 0.118. The molecule has 2 aromatic heterocycles. The number of aromatic nitrogens is 4. The van der Waals surface area contributed by atoms with E-state index < -0.39 is 11.6 Å². The molecule has 0 amide bonds. The lowest BCUT2D eigenvalue weighted by molar-refractivity contribution is 0.474.